The molecule has 4 aromatic rings. The number of rotatable bonds is 5. The van der Waals surface area contributed by atoms with Crippen LogP contribution in [0.25, 0.3) is 15.9 Å². The lowest BCUT2D eigenvalue weighted by Gasteiger charge is -2.13. The van der Waals surface area contributed by atoms with Gasteiger partial charge in [0, 0.05) is 15.6 Å². The minimum absolute atomic E-state index is 0.0210. The van der Waals surface area contributed by atoms with Gasteiger partial charge < -0.3 is 5.32 Å². The Morgan fingerprint density at radius 3 is 2.81 bits per heavy atom. The Hall–Kier alpha value is -2.68. The third-order valence-corrected chi connectivity index (χ3v) is 7.61. The van der Waals surface area contributed by atoms with E-state index in [1.54, 1.807) is 46.2 Å². The van der Waals surface area contributed by atoms with E-state index in [1.807, 2.05) is 0 Å². The molecule has 0 fully saturated rings. The number of halogens is 2. The summed E-state index contributed by atoms with van der Waals surface area (Å²) in [6.45, 7) is 0. The fourth-order valence-corrected chi connectivity index (χ4v) is 6.07. The molecule has 0 unspecified atom stereocenters. The molecule has 5 rings (SSSR count). The van der Waals surface area contributed by atoms with Gasteiger partial charge in [0.1, 0.15) is 10.6 Å². The second-order valence-electron chi connectivity index (χ2n) is 7.40. The van der Waals surface area contributed by atoms with Crippen LogP contribution in [0.1, 0.15) is 16.9 Å². The second kappa shape index (κ2) is 8.69. The van der Waals surface area contributed by atoms with Gasteiger partial charge in [0.15, 0.2) is 5.16 Å². The van der Waals surface area contributed by atoms with Crippen LogP contribution >= 0.6 is 34.7 Å². The van der Waals surface area contributed by atoms with Crippen molar-refractivity contribution in [3.63, 3.8) is 0 Å². The smallest absolute Gasteiger partial charge is 0.267 e. The molecule has 9 heteroatoms. The maximum absolute atomic E-state index is 13.6. The van der Waals surface area contributed by atoms with E-state index in [-0.39, 0.29) is 17.2 Å². The molecule has 5 nitrogen and oxygen atoms in total. The van der Waals surface area contributed by atoms with E-state index in [0.717, 1.165) is 24.8 Å². The molecule has 0 saturated heterocycles. The predicted molar refractivity (Wildman–Crippen MR) is 128 cm³/mol. The van der Waals surface area contributed by atoms with E-state index in [4.69, 9.17) is 16.6 Å². The van der Waals surface area contributed by atoms with Gasteiger partial charge in [-0.05, 0) is 67.3 Å². The van der Waals surface area contributed by atoms with Crippen molar-refractivity contribution in [2.24, 2.45) is 0 Å². The Morgan fingerprint density at radius 2 is 2.03 bits per heavy atom. The summed E-state index contributed by atoms with van der Waals surface area (Å²) in [5.41, 5.74) is 1.99. The SMILES string of the molecule is O=C(CSc1nc2sc3c(c2c(=O)n1-c1ccc(Cl)cc1)CCC3)Nc1cccc(F)c1. The van der Waals surface area contributed by atoms with E-state index < -0.39 is 5.82 Å². The van der Waals surface area contributed by atoms with E-state index in [9.17, 15) is 14.0 Å². The monoisotopic (exact) mass is 485 g/mol. The summed E-state index contributed by atoms with van der Waals surface area (Å²) < 4.78 is 14.9. The number of amides is 1. The first-order valence-electron chi connectivity index (χ1n) is 10.0. The lowest BCUT2D eigenvalue weighted by molar-refractivity contribution is -0.113. The van der Waals surface area contributed by atoms with E-state index in [1.165, 1.54) is 34.8 Å². The summed E-state index contributed by atoms with van der Waals surface area (Å²) >= 11 is 8.76. The number of anilines is 1. The summed E-state index contributed by atoms with van der Waals surface area (Å²) in [6, 6.07) is 12.7. The number of carbonyl (C=O) groups is 1. The van der Waals surface area contributed by atoms with Crippen molar-refractivity contribution in [1.29, 1.82) is 0 Å². The van der Waals surface area contributed by atoms with Crippen molar-refractivity contribution in [2.45, 2.75) is 24.4 Å². The topological polar surface area (TPSA) is 64.0 Å². The van der Waals surface area contributed by atoms with Gasteiger partial charge in [-0.15, -0.1) is 11.3 Å². The van der Waals surface area contributed by atoms with Crippen LogP contribution in [0.2, 0.25) is 5.02 Å². The molecule has 0 radical (unpaired) electrons. The molecule has 1 amide bonds. The lowest BCUT2D eigenvalue weighted by Crippen LogP contribution is -2.23. The fourth-order valence-electron chi connectivity index (χ4n) is 3.83. The molecule has 32 heavy (non-hydrogen) atoms. The van der Waals surface area contributed by atoms with Crippen molar-refractivity contribution in [2.75, 3.05) is 11.1 Å². The van der Waals surface area contributed by atoms with Gasteiger partial charge in [-0.25, -0.2) is 9.37 Å². The molecule has 0 saturated carbocycles. The van der Waals surface area contributed by atoms with Crippen LogP contribution in [0, 0.1) is 5.82 Å². The first-order chi connectivity index (χ1) is 15.5. The van der Waals surface area contributed by atoms with Crippen molar-refractivity contribution in [1.82, 2.24) is 9.55 Å². The molecule has 1 aliphatic rings. The first-order valence-corrected chi connectivity index (χ1v) is 12.2. The van der Waals surface area contributed by atoms with Crippen molar-refractivity contribution in [3.05, 3.63) is 80.2 Å². The number of hydrogen-bond acceptors (Lipinski definition) is 5. The number of fused-ring (bicyclic) bond motifs is 3. The van der Waals surface area contributed by atoms with Crippen LogP contribution in [0.4, 0.5) is 10.1 Å². The Kier molecular flexibility index (Phi) is 5.75. The number of aryl methyl sites for hydroxylation is 2. The van der Waals surface area contributed by atoms with E-state index in [2.05, 4.69) is 5.32 Å². The maximum atomic E-state index is 13.6. The standard InChI is InChI=1S/C23H17ClFN3O2S2/c24-13-7-9-16(10-8-13)28-22(30)20-17-5-2-6-18(17)32-21(20)27-23(28)31-12-19(29)26-15-4-1-3-14(25)11-15/h1,3-4,7-11H,2,5-6,12H2,(H,26,29). The minimum Gasteiger partial charge on any atom is -0.325 e. The number of nitrogens with one attached hydrogen (secondary N) is 1. The van der Waals surface area contributed by atoms with E-state index in [0.29, 0.717) is 31.8 Å². The summed E-state index contributed by atoms with van der Waals surface area (Å²) in [7, 11) is 0. The molecule has 2 aromatic heterocycles. The normalized spacial score (nSPS) is 12.8. The summed E-state index contributed by atoms with van der Waals surface area (Å²) in [4.78, 5) is 32.7. The highest BCUT2D eigenvalue weighted by atomic mass is 35.5. The summed E-state index contributed by atoms with van der Waals surface area (Å²) in [5, 5.41) is 4.34. The van der Waals surface area contributed by atoms with Crippen LogP contribution in [-0.2, 0) is 17.6 Å². The van der Waals surface area contributed by atoms with Crippen LogP contribution in [-0.4, -0.2) is 21.2 Å². The molecule has 2 aromatic carbocycles. The minimum atomic E-state index is -0.426. The first kappa shape index (κ1) is 21.2. The molecular weight excluding hydrogens is 469 g/mol. The van der Waals surface area contributed by atoms with E-state index >= 15 is 0 Å². The van der Waals surface area contributed by atoms with Gasteiger partial charge >= 0.3 is 0 Å². The highest BCUT2D eigenvalue weighted by Crippen LogP contribution is 2.36. The number of hydrogen-bond donors (Lipinski definition) is 1. The molecule has 1 N–H and O–H groups in total. The molecule has 0 spiro atoms. The highest BCUT2D eigenvalue weighted by molar-refractivity contribution is 7.99. The maximum Gasteiger partial charge on any atom is 0.267 e. The van der Waals surface area contributed by atoms with Gasteiger partial charge in [-0.3, -0.25) is 14.2 Å². The van der Waals surface area contributed by atoms with Gasteiger partial charge in [0.05, 0.1) is 16.8 Å². The average Bonchev–Trinajstić information content (AvgIpc) is 3.34. The zero-order valence-electron chi connectivity index (χ0n) is 16.7. The number of nitrogens with zero attached hydrogens (tertiary/aromatic N) is 2. The van der Waals surface area contributed by atoms with Crippen molar-refractivity contribution in [3.8, 4) is 5.69 Å². The zero-order valence-corrected chi connectivity index (χ0v) is 19.1. The highest BCUT2D eigenvalue weighted by Gasteiger charge is 2.24. The van der Waals surface area contributed by atoms with Gasteiger partial charge in [-0.1, -0.05) is 29.4 Å². The summed E-state index contributed by atoms with van der Waals surface area (Å²) in [5.74, 6) is -0.719. The zero-order chi connectivity index (χ0) is 22.2. The second-order valence-corrected chi connectivity index (χ2v) is 9.86. The molecular formula is C23H17ClFN3O2S2. The van der Waals surface area contributed by atoms with Crippen molar-refractivity contribution < 1.29 is 9.18 Å². The molecule has 162 valence electrons. The third-order valence-electron chi connectivity index (χ3n) is 5.23. The van der Waals surface area contributed by atoms with Gasteiger partial charge in [0.25, 0.3) is 5.56 Å². The fraction of sp³-hybridized carbons (Fsp3) is 0.174. The quantitative estimate of drug-likeness (QED) is 0.301. The predicted octanol–water partition coefficient (Wildman–Crippen LogP) is 5.46. The molecule has 0 bridgehead atoms. The molecule has 0 atom stereocenters. The number of thioether (sulfide) groups is 1. The number of aromatic nitrogens is 2. The van der Waals surface area contributed by atoms with Crippen molar-refractivity contribution >= 4 is 56.5 Å². The van der Waals surface area contributed by atoms with Crippen LogP contribution in [0.3, 0.4) is 0 Å². The Labute approximate surface area is 196 Å². The molecule has 0 aliphatic heterocycles. The Balaban J connectivity index is 1.51. The third kappa shape index (κ3) is 4.05. The lowest BCUT2D eigenvalue weighted by atomic mass is 10.2. The largest absolute Gasteiger partial charge is 0.325 e. The van der Waals surface area contributed by atoms with Crippen LogP contribution in [0.5, 0.6) is 0 Å². The Morgan fingerprint density at radius 1 is 1.22 bits per heavy atom. The van der Waals surface area contributed by atoms with Crippen LogP contribution in [0.15, 0.2) is 58.5 Å². The van der Waals surface area contributed by atoms with Gasteiger partial charge in [-0.2, -0.15) is 0 Å². The summed E-state index contributed by atoms with van der Waals surface area (Å²) in [6.07, 6.45) is 2.90. The molecule has 1 aliphatic carbocycles. The Bertz CT molecular complexity index is 1400. The molecule has 2 heterocycles. The number of thiophene rings is 1. The van der Waals surface area contributed by atoms with Gasteiger partial charge in [0.2, 0.25) is 5.91 Å². The number of carbonyl (C=O) groups excluding carboxylic acids is 1. The van der Waals surface area contributed by atoms with Crippen LogP contribution < -0.4 is 10.9 Å². The average molecular weight is 486 g/mol. The number of benzene rings is 2.